The van der Waals surface area contributed by atoms with Crippen LogP contribution >= 0.6 is 0 Å². The van der Waals surface area contributed by atoms with Crippen molar-refractivity contribution in [3.63, 3.8) is 0 Å². The standard InChI is InChI=1S/C14H21N3O3S/c1-16-14(18)12-7-4-5-9-17(12)21(19,20)13-8-3-2-6-11(13)10-15/h2-3,6,8,12H,4-5,7,9-10,15H2,1H3,(H,16,18). The van der Waals surface area contributed by atoms with Crippen LogP contribution < -0.4 is 11.1 Å². The van der Waals surface area contributed by atoms with Gasteiger partial charge in [0.05, 0.1) is 4.90 Å². The molecule has 1 atom stereocenters. The van der Waals surface area contributed by atoms with Crippen molar-refractivity contribution in [1.82, 2.24) is 9.62 Å². The summed E-state index contributed by atoms with van der Waals surface area (Å²) in [4.78, 5) is 12.2. The molecule has 1 fully saturated rings. The predicted octanol–water partition coefficient (Wildman–Crippen LogP) is 0.435. The zero-order valence-corrected chi connectivity index (χ0v) is 12.9. The molecule has 1 saturated heterocycles. The Morgan fingerprint density at radius 3 is 2.76 bits per heavy atom. The molecule has 7 heteroatoms. The first kappa shape index (κ1) is 15.9. The van der Waals surface area contributed by atoms with Crippen LogP contribution in [0.2, 0.25) is 0 Å². The maximum Gasteiger partial charge on any atom is 0.244 e. The Morgan fingerprint density at radius 1 is 1.38 bits per heavy atom. The van der Waals surface area contributed by atoms with Gasteiger partial charge < -0.3 is 11.1 Å². The van der Waals surface area contributed by atoms with E-state index in [1.54, 1.807) is 24.3 Å². The van der Waals surface area contributed by atoms with Crippen LogP contribution in [0.5, 0.6) is 0 Å². The Labute approximate surface area is 125 Å². The first-order chi connectivity index (χ1) is 10.0. The van der Waals surface area contributed by atoms with Gasteiger partial charge in [0.2, 0.25) is 15.9 Å². The highest BCUT2D eigenvalue weighted by molar-refractivity contribution is 7.89. The summed E-state index contributed by atoms with van der Waals surface area (Å²) in [6, 6.07) is 6.04. The molecule has 116 valence electrons. The van der Waals surface area contributed by atoms with Crippen LogP contribution in [0.4, 0.5) is 0 Å². The van der Waals surface area contributed by atoms with Crippen LogP contribution in [0, 0.1) is 0 Å². The quantitative estimate of drug-likeness (QED) is 0.843. The largest absolute Gasteiger partial charge is 0.358 e. The number of carbonyl (C=O) groups excluding carboxylic acids is 1. The van der Waals surface area contributed by atoms with Crippen LogP contribution in [0.3, 0.4) is 0 Å². The summed E-state index contributed by atoms with van der Waals surface area (Å²) >= 11 is 0. The average Bonchev–Trinajstić information content (AvgIpc) is 2.54. The van der Waals surface area contributed by atoms with Gasteiger partial charge in [-0.3, -0.25) is 4.79 Å². The molecule has 2 rings (SSSR count). The minimum Gasteiger partial charge on any atom is -0.358 e. The lowest BCUT2D eigenvalue weighted by Gasteiger charge is -2.33. The van der Waals surface area contributed by atoms with Crippen LogP contribution in [0.15, 0.2) is 29.2 Å². The molecule has 1 aliphatic heterocycles. The summed E-state index contributed by atoms with van der Waals surface area (Å²) in [5.74, 6) is -0.261. The van der Waals surface area contributed by atoms with E-state index >= 15 is 0 Å². The number of nitrogens with one attached hydrogen (secondary N) is 1. The van der Waals surface area contributed by atoms with Crippen molar-refractivity contribution in [2.45, 2.75) is 36.7 Å². The smallest absolute Gasteiger partial charge is 0.244 e. The third-order valence-corrected chi connectivity index (χ3v) is 5.79. The minimum atomic E-state index is -3.72. The SMILES string of the molecule is CNC(=O)C1CCCCN1S(=O)(=O)c1ccccc1CN. The number of carbonyl (C=O) groups is 1. The Bertz CT molecular complexity index is 616. The third-order valence-electron chi connectivity index (χ3n) is 3.78. The first-order valence-corrected chi connectivity index (χ1v) is 8.47. The lowest BCUT2D eigenvalue weighted by atomic mass is 10.0. The molecule has 1 aliphatic rings. The molecule has 1 unspecified atom stereocenters. The zero-order chi connectivity index (χ0) is 15.5. The van der Waals surface area contributed by atoms with Gasteiger partial charge in [0.25, 0.3) is 0 Å². The van der Waals surface area contributed by atoms with Gasteiger partial charge in [-0.25, -0.2) is 8.42 Å². The second kappa shape index (κ2) is 6.55. The summed E-state index contributed by atoms with van der Waals surface area (Å²) in [6.07, 6.45) is 2.16. The molecule has 0 saturated carbocycles. The highest BCUT2D eigenvalue weighted by atomic mass is 32.2. The number of nitrogens with two attached hydrogens (primary N) is 1. The lowest BCUT2D eigenvalue weighted by Crippen LogP contribution is -2.51. The Morgan fingerprint density at radius 2 is 2.10 bits per heavy atom. The molecule has 1 amide bonds. The van der Waals surface area contributed by atoms with Crippen molar-refractivity contribution < 1.29 is 13.2 Å². The second-order valence-electron chi connectivity index (χ2n) is 5.05. The van der Waals surface area contributed by atoms with E-state index in [2.05, 4.69) is 5.32 Å². The molecule has 0 radical (unpaired) electrons. The fraction of sp³-hybridized carbons (Fsp3) is 0.500. The number of rotatable bonds is 4. The van der Waals surface area contributed by atoms with Gasteiger partial charge in [0.15, 0.2) is 0 Å². The molecular weight excluding hydrogens is 290 g/mol. The second-order valence-corrected chi connectivity index (χ2v) is 6.91. The van der Waals surface area contributed by atoms with E-state index in [4.69, 9.17) is 5.73 Å². The van der Waals surface area contributed by atoms with E-state index < -0.39 is 16.1 Å². The van der Waals surface area contributed by atoms with E-state index in [0.717, 1.165) is 12.8 Å². The number of sulfonamides is 1. The number of likely N-dealkylation sites (N-methyl/N-ethyl adjacent to an activating group) is 1. The number of nitrogens with zero attached hydrogens (tertiary/aromatic N) is 1. The molecule has 1 aromatic rings. The fourth-order valence-corrected chi connectivity index (χ4v) is 4.56. The molecular formula is C14H21N3O3S. The molecule has 21 heavy (non-hydrogen) atoms. The number of amides is 1. The van der Waals surface area contributed by atoms with Gasteiger partial charge >= 0.3 is 0 Å². The highest BCUT2D eigenvalue weighted by Gasteiger charge is 2.37. The number of hydrogen-bond donors (Lipinski definition) is 2. The highest BCUT2D eigenvalue weighted by Crippen LogP contribution is 2.27. The van der Waals surface area contributed by atoms with Gasteiger partial charge in [0.1, 0.15) is 6.04 Å². The van der Waals surface area contributed by atoms with Gasteiger partial charge in [-0.2, -0.15) is 4.31 Å². The van der Waals surface area contributed by atoms with Crippen LogP contribution in [0.25, 0.3) is 0 Å². The van der Waals surface area contributed by atoms with Crippen molar-refractivity contribution in [2.75, 3.05) is 13.6 Å². The van der Waals surface area contributed by atoms with Gasteiger partial charge in [-0.15, -0.1) is 0 Å². The van der Waals surface area contributed by atoms with Crippen LogP contribution in [-0.4, -0.2) is 38.3 Å². The Kier molecular flexibility index (Phi) is 4.97. The van der Waals surface area contributed by atoms with Crippen molar-refractivity contribution in [3.05, 3.63) is 29.8 Å². The Balaban J connectivity index is 2.43. The lowest BCUT2D eigenvalue weighted by molar-refractivity contribution is -0.125. The van der Waals surface area contributed by atoms with Crippen molar-refractivity contribution >= 4 is 15.9 Å². The average molecular weight is 311 g/mol. The van der Waals surface area contributed by atoms with Gasteiger partial charge in [-0.1, -0.05) is 24.6 Å². The third kappa shape index (κ3) is 3.09. The number of hydrogen-bond acceptors (Lipinski definition) is 4. The first-order valence-electron chi connectivity index (χ1n) is 7.03. The molecule has 0 aliphatic carbocycles. The van der Waals surface area contributed by atoms with Crippen molar-refractivity contribution in [2.24, 2.45) is 5.73 Å². The number of piperidine rings is 1. The molecule has 3 N–H and O–H groups in total. The summed E-state index contributed by atoms with van der Waals surface area (Å²) < 4.78 is 27.1. The van der Waals surface area contributed by atoms with Crippen molar-refractivity contribution in [3.8, 4) is 0 Å². The summed E-state index contributed by atoms with van der Waals surface area (Å²) in [7, 11) is -2.19. The van der Waals surface area contributed by atoms with Gasteiger partial charge in [0, 0.05) is 20.1 Å². The Hall–Kier alpha value is -1.44. The monoisotopic (exact) mass is 311 g/mol. The van der Waals surface area contributed by atoms with E-state index in [1.807, 2.05) is 0 Å². The fourth-order valence-electron chi connectivity index (χ4n) is 2.67. The van der Waals surface area contributed by atoms with E-state index in [0.29, 0.717) is 18.5 Å². The molecule has 1 heterocycles. The summed E-state index contributed by atoms with van der Waals surface area (Å²) in [5.41, 5.74) is 6.20. The molecule has 0 aromatic heterocycles. The van der Waals surface area contributed by atoms with Crippen LogP contribution in [0.1, 0.15) is 24.8 Å². The maximum absolute atomic E-state index is 12.9. The summed E-state index contributed by atoms with van der Waals surface area (Å²) in [5, 5.41) is 2.55. The molecule has 1 aromatic carbocycles. The summed E-state index contributed by atoms with van der Waals surface area (Å²) in [6.45, 7) is 0.507. The zero-order valence-electron chi connectivity index (χ0n) is 12.1. The van der Waals surface area contributed by atoms with Crippen molar-refractivity contribution in [1.29, 1.82) is 0 Å². The molecule has 0 bridgehead atoms. The maximum atomic E-state index is 12.9. The topological polar surface area (TPSA) is 92.5 Å². The van der Waals surface area contributed by atoms with Gasteiger partial charge in [-0.05, 0) is 24.5 Å². The molecule has 0 spiro atoms. The normalized spacial score (nSPS) is 20.2. The molecule has 6 nitrogen and oxygen atoms in total. The number of benzene rings is 1. The predicted molar refractivity (Wildman–Crippen MR) is 79.9 cm³/mol. The van der Waals surface area contributed by atoms with E-state index in [-0.39, 0.29) is 17.3 Å². The van der Waals surface area contributed by atoms with Crippen LogP contribution in [-0.2, 0) is 21.4 Å². The van der Waals surface area contributed by atoms with E-state index in [1.165, 1.54) is 11.4 Å². The minimum absolute atomic E-state index is 0.147. The van der Waals surface area contributed by atoms with E-state index in [9.17, 15) is 13.2 Å².